The number of hydrogen-bond acceptors (Lipinski definition) is 5. The first-order valence-corrected chi connectivity index (χ1v) is 7.71. The molecule has 1 saturated heterocycles. The molecular formula is C17H23NO5. The Hall–Kier alpha value is -1.92. The van der Waals surface area contributed by atoms with Gasteiger partial charge in [0, 0.05) is 12.6 Å². The number of piperidine rings is 1. The van der Waals surface area contributed by atoms with E-state index in [4.69, 9.17) is 4.74 Å². The average Bonchev–Trinajstić information content (AvgIpc) is 2.53. The molecule has 1 aromatic carbocycles. The summed E-state index contributed by atoms with van der Waals surface area (Å²) in [5.41, 5.74) is -1.12. The van der Waals surface area contributed by atoms with Crippen molar-refractivity contribution in [1.82, 2.24) is 4.90 Å². The van der Waals surface area contributed by atoms with Crippen LogP contribution in [0.4, 0.5) is 0 Å². The molecule has 6 nitrogen and oxygen atoms in total. The summed E-state index contributed by atoms with van der Waals surface area (Å²) in [5, 5.41) is 21.0. The third-order valence-electron chi connectivity index (χ3n) is 4.75. The molecule has 6 heteroatoms. The first-order chi connectivity index (χ1) is 10.8. The van der Waals surface area contributed by atoms with Crippen molar-refractivity contribution < 1.29 is 24.5 Å². The number of ether oxygens (including phenoxy) is 1. The van der Waals surface area contributed by atoms with Gasteiger partial charge in [0.25, 0.3) is 0 Å². The van der Waals surface area contributed by atoms with Crippen molar-refractivity contribution in [2.45, 2.75) is 25.5 Å². The molecule has 0 aromatic heterocycles. The van der Waals surface area contributed by atoms with Gasteiger partial charge in [-0.05, 0) is 26.5 Å². The van der Waals surface area contributed by atoms with E-state index in [1.807, 2.05) is 0 Å². The highest BCUT2D eigenvalue weighted by Crippen LogP contribution is 2.44. The third-order valence-corrected chi connectivity index (χ3v) is 4.75. The molecule has 2 rings (SSSR count). The van der Waals surface area contributed by atoms with Crippen LogP contribution in [-0.4, -0.2) is 53.3 Å². The number of benzene rings is 1. The predicted molar refractivity (Wildman–Crippen MR) is 83.7 cm³/mol. The zero-order valence-corrected chi connectivity index (χ0v) is 13.6. The molecule has 1 fully saturated rings. The summed E-state index contributed by atoms with van der Waals surface area (Å²) < 4.78 is 5.08. The Balaban J connectivity index is 2.59. The molecule has 1 heterocycles. The molecule has 0 spiro atoms. The van der Waals surface area contributed by atoms with Gasteiger partial charge in [-0.15, -0.1) is 0 Å². The number of nitrogens with zero attached hydrogens (tertiary/aromatic N) is 1. The minimum Gasteiger partial charge on any atom is -0.481 e. The number of rotatable bonds is 4. The van der Waals surface area contributed by atoms with E-state index in [-0.39, 0.29) is 13.2 Å². The lowest BCUT2D eigenvalue weighted by atomic mass is 9.67. The van der Waals surface area contributed by atoms with E-state index in [9.17, 15) is 19.8 Å². The largest absolute Gasteiger partial charge is 0.481 e. The van der Waals surface area contributed by atoms with Crippen LogP contribution in [0.1, 0.15) is 19.4 Å². The van der Waals surface area contributed by atoms with E-state index in [0.717, 1.165) is 0 Å². The van der Waals surface area contributed by atoms with Crippen LogP contribution in [0, 0.1) is 11.8 Å². The second-order valence-electron chi connectivity index (χ2n) is 5.98. The fourth-order valence-corrected chi connectivity index (χ4v) is 3.40. The van der Waals surface area contributed by atoms with Crippen molar-refractivity contribution in [2.75, 3.05) is 20.2 Å². The van der Waals surface area contributed by atoms with Crippen molar-refractivity contribution in [3.8, 4) is 0 Å². The predicted octanol–water partition coefficient (Wildman–Crippen LogP) is 1.09. The van der Waals surface area contributed by atoms with E-state index >= 15 is 0 Å². The van der Waals surface area contributed by atoms with E-state index in [1.54, 1.807) is 56.1 Å². The minimum atomic E-state index is -1.64. The molecule has 126 valence electrons. The number of carbonyl (C=O) groups excluding carboxylic acids is 1. The Morgan fingerprint density at radius 3 is 2.48 bits per heavy atom. The van der Waals surface area contributed by atoms with Crippen LogP contribution in [0.15, 0.2) is 30.3 Å². The number of carbonyl (C=O) groups is 2. The molecule has 1 unspecified atom stereocenters. The summed E-state index contributed by atoms with van der Waals surface area (Å²) in [5.74, 6) is -3.99. The first-order valence-electron chi connectivity index (χ1n) is 7.71. The lowest BCUT2D eigenvalue weighted by Gasteiger charge is -2.50. The van der Waals surface area contributed by atoms with Crippen molar-refractivity contribution >= 4 is 11.9 Å². The fraction of sp³-hybridized carbons (Fsp3) is 0.529. The van der Waals surface area contributed by atoms with Crippen molar-refractivity contribution in [2.24, 2.45) is 11.8 Å². The zero-order valence-electron chi connectivity index (χ0n) is 13.6. The van der Waals surface area contributed by atoms with Crippen LogP contribution in [0.5, 0.6) is 0 Å². The number of carboxylic acids is 1. The number of likely N-dealkylation sites (tertiary alicyclic amines) is 1. The molecule has 1 aliphatic rings. The molecule has 1 aromatic rings. The zero-order chi connectivity index (χ0) is 17.2. The van der Waals surface area contributed by atoms with Crippen LogP contribution >= 0.6 is 0 Å². The summed E-state index contributed by atoms with van der Waals surface area (Å²) in [7, 11) is 1.75. The van der Waals surface area contributed by atoms with Gasteiger partial charge in [0.15, 0.2) is 0 Å². The summed E-state index contributed by atoms with van der Waals surface area (Å²) in [4.78, 5) is 26.0. The maximum Gasteiger partial charge on any atom is 0.313 e. The molecular weight excluding hydrogens is 298 g/mol. The normalized spacial score (nSPS) is 31.6. The SMILES string of the molecule is CCOC(=O)[C@H]1[C@H](C(=O)O)CN(C)C(C)[C@]1(O)c1ccccc1. The summed E-state index contributed by atoms with van der Waals surface area (Å²) in [6.07, 6.45) is 0. The topological polar surface area (TPSA) is 87.1 Å². The Morgan fingerprint density at radius 1 is 1.35 bits per heavy atom. The van der Waals surface area contributed by atoms with Gasteiger partial charge < -0.3 is 14.9 Å². The standard InChI is InChI=1S/C17H23NO5/c1-4-23-16(21)14-13(15(19)20)10-18(3)11(2)17(14,22)12-8-6-5-7-9-12/h5-9,11,13-14,22H,4,10H2,1-3H3,(H,19,20)/t11?,13-,14-,17+/m1/s1. The van der Waals surface area contributed by atoms with Gasteiger partial charge in [0.1, 0.15) is 11.5 Å². The monoisotopic (exact) mass is 321 g/mol. The minimum absolute atomic E-state index is 0.136. The van der Waals surface area contributed by atoms with E-state index in [2.05, 4.69) is 0 Å². The van der Waals surface area contributed by atoms with Crippen molar-refractivity contribution in [1.29, 1.82) is 0 Å². The Kier molecular flexibility index (Phi) is 5.06. The number of carboxylic acid groups (broad SMARTS) is 1. The molecule has 0 aliphatic carbocycles. The highest BCUT2D eigenvalue weighted by molar-refractivity contribution is 5.83. The molecule has 4 atom stereocenters. The average molecular weight is 321 g/mol. The van der Waals surface area contributed by atoms with Crippen LogP contribution < -0.4 is 0 Å². The Morgan fingerprint density at radius 2 is 1.96 bits per heavy atom. The van der Waals surface area contributed by atoms with Crippen LogP contribution in [0.2, 0.25) is 0 Å². The molecule has 23 heavy (non-hydrogen) atoms. The Bertz CT molecular complexity index is 576. The molecule has 1 aliphatic heterocycles. The number of aliphatic hydroxyl groups is 1. The smallest absolute Gasteiger partial charge is 0.313 e. The highest BCUT2D eigenvalue weighted by atomic mass is 16.5. The maximum atomic E-state index is 12.5. The maximum absolute atomic E-state index is 12.5. The van der Waals surface area contributed by atoms with Crippen LogP contribution in [0.3, 0.4) is 0 Å². The van der Waals surface area contributed by atoms with Gasteiger partial charge in [-0.3, -0.25) is 14.5 Å². The van der Waals surface area contributed by atoms with E-state index in [0.29, 0.717) is 5.56 Å². The lowest BCUT2D eigenvalue weighted by Crippen LogP contribution is -2.64. The van der Waals surface area contributed by atoms with Gasteiger partial charge in [0.05, 0.1) is 12.5 Å². The van der Waals surface area contributed by atoms with Crippen LogP contribution in [-0.2, 0) is 19.9 Å². The van der Waals surface area contributed by atoms with Gasteiger partial charge >= 0.3 is 11.9 Å². The number of aliphatic carboxylic acids is 1. The molecule has 0 saturated carbocycles. The van der Waals surface area contributed by atoms with Gasteiger partial charge in [-0.2, -0.15) is 0 Å². The third kappa shape index (κ3) is 2.96. The quantitative estimate of drug-likeness (QED) is 0.807. The van der Waals surface area contributed by atoms with E-state index in [1.165, 1.54) is 0 Å². The molecule has 0 amide bonds. The number of esters is 1. The van der Waals surface area contributed by atoms with Gasteiger partial charge in [-0.1, -0.05) is 30.3 Å². The number of hydrogen-bond donors (Lipinski definition) is 2. The second-order valence-corrected chi connectivity index (χ2v) is 5.98. The summed E-state index contributed by atoms with van der Waals surface area (Å²) >= 11 is 0. The highest BCUT2D eigenvalue weighted by Gasteiger charge is 2.58. The van der Waals surface area contributed by atoms with Crippen molar-refractivity contribution in [3.05, 3.63) is 35.9 Å². The summed E-state index contributed by atoms with van der Waals surface area (Å²) in [6, 6.07) is 8.30. The molecule has 0 bridgehead atoms. The Labute approximate surface area is 135 Å². The van der Waals surface area contributed by atoms with Gasteiger partial charge in [-0.25, -0.2) is 0 Å². The van der Waals surface area contributed by atoms with Crippen LogP contribution in [0.25, 0.3) is 0 Å². The fourth-order valence-electron chi connectivity index (χ4n) is 3.40. The first kappa shape index (κ1) is 17.4. The number of likely N-dealkylation sites (N-methyl/N-ethyl adjacent to an activating group) is 1. The van der Waals surface area contributed by atoms with Crippen molar-refractivity contribution in [3.63, 3.8) is 0 Å². The second kappa shape index (κ2) is 6.68. The molecule has 2 N–H and O–H groups in total. The molecule has 0 radical (unpaired) electrons. The van der Waals surface area contributed by atoms with Gasteiger partial charge in [0.2, 0.25) is 0 Å². The van der Waals surface area contributed by atoms with E-state index < -0.39 is 35.4 Å². The summed E-state index contributed by atoms with van der Waals surface area (Å²) in [6.45, 7) is 3.76. The lowest BCUT2D eigenvalue weighted by molar-refractivity contribution is -0.191.